The highest BCUT2D eigenvalue weighted by atomic mass is 32.1. The number of nitrogens with zero attached hydrogens (tertiary/aromatic N) is 1. The van der Waals surface area contributed by atoms with E-state index in [2.05, 4.69) is 41.9 Å². The van der Waals surface area contributed by atoms with E-state index in [9.17, 15) is 4.79 Å². The van der Waals surface area contributed by atoms with Gasteiger partial charge in [-0.15, -0.1) is 11.3 Å². The molecule has 1 fully saturated rings. The summed E-state index contributed by atoms with van der Waals surface area (Å²) >= 11 is 1.75. The van der Waals surface area contributed by atoms with Crippen LogP contribution in [0, 0.1) is 0 Å². The molecule has 1 aromatic carbocycles. The van der Waals surface area contributed by atoms with E-state index in [0.29, 0.717) is 0 Å². The minimum absolute atomic E-state index is 0.0227. The summed E-state index contributed by atoms with van der Waals surface area (Å²) in [7, 11) is 0. The van der Waals surface area contributed by atoms with Crippen molar-refractivity contribution < 1.29 is 4.79 Å². The van der Waals surface area contributed by atoms with Crippen LogP contribution in [0.25, 0.3) is 0 Å². The number of amides is 2. The van der Waals surface area contributed by atoms with Crippen molar-refractivity contribution in [2.24, 2.45) is 0 Å². The van der Waals surface area contributed by atoms with E-state index in [4.69, 9.17) is 0 Å². The molecule has 122 valence electrons. The fourth-order valence-corrected chi connectivity index (χ4v) is 4.02. The molecule has 1 aliphatic heterocycles. The summed E-state index contributed by atoms with van der Waals surface area (Å²) in [6.45, 7) is 2.97. The van der Waals surface area contributed by atoms with Gasteiger partial charge < -0.3 is 10.2 Å². The lowest BCUT2D eigenvalue weighted by molar-refractivity contribution is 0.190. The van der Waals surface area contributed by atoms with Crippen molar-refractivity contribution in [2.75, 3.05) is 11.9 Å². The summed E-state index contributed by atoms with van der Waals surface area (Å²) < 4.78 is 0. The number of anilines is 1. The second kappa shape index (κ2) is 7.64. The summed E-state index contributed by atoms with van der Waals surface area (Å²) in [6, 6.07) is 12.6. The summed E-state index contributed by atoms with van der Waals surface area (Å²) in [4.78, 5) is 16.1. The standard InChI is InChI=1S/C19H24N2OS/c1-2-15-9-11-16(12-10-15)20-19(22)21-13-5-3-4-7-17(21)18-8-6-14-23-18/h6,8-12,14,17H,2-5,7,13H2,1H3,(H,20,22)/t17-/m0/s1. The average Bonchev–Trinajstić information content (AvgIpc) is 2.99. The van der Waals surface area contributed by atoms with Crippen molar-refractivity contribution in [3.8, 4) is 0 Å². The maximum atomic E-state index is 12.8. The van der Waals surface area contributed by atoms with Crippen molar-refractivity contribution >= 4 is 23.1 Å². The van der Waals surface area contributed by atoms with Crippen LogP contribution in [0.5, 0.6) is 0 Å². The number of rotatable bonds is 3. The molecule has 1 saturated heterocycles. The van der Waals surface area contributed by atoms with Gasteiger partial charge >= 0.3 is 6.03 Å². The van der Waals surface area contributed by atoms with Gasteiger partial charge in [-0.25, -0.2) is 4.79 Å². The Morgan fingerprint density at radius 1 is 1.22 bits per heavy atom. The van der Waals surface area contributed by atoms with Crippen LogP contribution in [-0.2, 0) is 6.42 Å². The zero-order chi connectivity index (χ0) is 16.1. The largest absolute Gasteiger partial charge is 0.322 e. The number of nitrogens with one attached hydrogen (secondary N) is 1. The van der Waals surface area contributed by atoms with E-state index in [0.717, 1.165) is 31.5 Å². The molecule has 2 aromatic rings. The van der Waals surface area contributed by atoms with E-state index in [1.165, 1.54) is 23.3 Å². The molecular formula is C19H24N2OS. The van der Waals surface area contributed by atoms with Gasteiger partial charge in [0.25, 0.3) is 0 Å². The Labute approximate surface area is 142 Å². The number of urea groups is 1. The number of benzene rings is 1. The maximum Gasteiger partial charge on any atom is 0.322 e. The molecule has 0 radical (unpaired) electrons. The van der Waals surface area contributed by atoms with E-state index in [1.54, 1.807) is 11.3 Å². The average molecular weight is 328 g/mol. The van der Waals surface area contributed by atoms with Crippen LogP contribution in [0.3, 0.4) is 0 Å². The second-order valence-corrected chi connectivity index (χ2v) is 7.03. The number of hydrogen-bond donors (Lipinski definition) is 1. The van der Waals surface area contributed by atoms with Crippen LogP contribution in [0.15, 0.2) is 41.8 Å². The quantitative estimate of drug-likeness (QED) is 0.797. The molecule has 23 heavy (non-hydrogen) atoms. The molecule has 1 atom stereocenters. The van der Waals surface area contributed by atoms with Crippen molar-refractivity contribution in [1.82, 2.24) is 4.90 Å². The first-order valence-electron chi connectivity index (χ1n) is 8.48. The number of thiophene rings is 1. The molecule has 0 bridgehead atoms. The van der Waals surface area contributed by atoms with Gasteiger partial charge in [-0.1, -0.05) is 38.0 Å². The Hall–Kier alpha value is -1.81. The first-order valence-corrected chi connectivity index (χ1v) is 9.36. The lowest BCUT2D eigenvalue weighted by atomic mass is 10.1. The Balaban J connectivity index is 1.74. The topological polar surface area (TPSA) is 32.3 Å². The fraction of sp³-hybridized carbons (Fsp3) is 0.421. The van der Waals surface area contributed by atoms with Crippen molar-refractivity contribution in [3.05, 3.63) is 52.2 Å². The van der Waals surface area contributed by atoms with Gasteiger partial charge in [-0.05, 0) is 48.4 Å². The van der Waals surface area contributed by atoms with Crippen LogP contribution < -0.4 is 5.32 Å². The summed E-state index contributed by atoms with van der Waals surface area (Å²) in [6.07, 6.45) is 5.56. The molecule has 1 aliphatic rings. The summed E-state index contributed by atoms with van der Waals surface area (Å²) in [5, 5.41) is 5.17. The summed E-state index contributed by atoms with van der Waals surface area (Å²) in [5.74, 6) is 0. The Morgan fingerprint density at radius 3 is 2.74 bits per heavy atom. The predicted molar refractivity (Wildman–Crippen MR) is 97.1 cm³/mol. The number of carbonyl (C=O) groups excluding carboxylic acids is 1. The SMILES string of the molecule is CCc1ccc(NC(=O)N2CCCCC[C@H]2c2cccs2)cc1. The lowest BCUT2D eigenvalue weighted by Crippen LogP contribution is -2.37. The number of carbonyl (C=O) groups is 1. The lowest BCUT2D eigenvalue weighted by Gasteiger charge is -2.29. The molecular weight excluding hydrogens is 304 g/mol. The molecule has 2 heterocycles. The highest BCUT2D eigenvalue weighted by molar-refractivity contribution is 7.10. The number of likely N-dealkylation sites (tertiary alicyclic amines) is 1. The predicted octanol–water partition coefficient (Wildman–Crippen LogP) is 5.46. The Kier molecular flexibility index (Phi) is 5.34. The third kappa shape index (κ3) is 3.94. The van der Waals surface area contributed by atoms with Crippen LogP contribution in [-0.4, -0.2) is 17.5 Å². The molecule has 0 aliphatic carbocycles. The van der Waals surface area contributed by atoms with Crippen molar-refractivity contribution in [1.29, 1.82) is 0 Å². The van der Waals surface area contributed by atoms with E-state index in [1.807, 2.05) is 17.0 Å². The van der Waals surface area contributed by atoms with Gasteiger partial charge in [0.15, 0.2) is 0 Å². The first-order chi connectivity index (χ1) is 11.3. The fourth-order valence-electron chi connectivity index (χ4n) is 3.15. The second-order valence-electron chi connectivity index (χ2n) is 6.05. The van der Waals surface area contributed by atoms with E-state index < -0.39 is 0 Å². The van der Waals surface area contributed by atoms with Crippen LogP contribution in [0.2, 0.25) is 0 Å². The van der Waals surface area contributed by atoms with E-state index in [-0.39, 0.29) is 12.1 Å². The minimum atomic E-state index is 0.0227. The monoisotopic (exact) mass is 328 g/mol. The molecule has 0 unspecified atom stereocenters. The first kappa shape index (κ1) is 16.1. The smallest absolute Gasteiger partial charge is 0.317 e. The molecule has 2 amide bonds. The maximum absolute atomic E-state index is 12.8. The normalized spacial score (nSPS) is 18.5. The van der Waals surface area contributed by atoms with Gasteiger partial charge in [0, 0.05) is 17.1 Å². The molecule has 0 saturated carbocycles. The van der Waals surface area contributed by atoms with Crippen molar-refractivity contribution in [2.45, 2.75) is 45.1 Å². The highest BCUT2D eigenvalue weighted by Gasteiger charge is 2.27. The molecule has 3 nitrogen and oxygen atoms in total. The minimum Gasteiger partial charge on any atom is -0.317 e. The molecule has 4 heteroatoms. The van der Waals surface area contributed by atoms with Gasteiger partial charge in [0.1, 0.15) is 0 Å². The van der Waals surface area contributed by atoms with Gasteiger partial charge in [0.2, 0.25) is 0 Å². The van der Waals surface area contributed by atoms with Gasteiger partial charge in [-0.2, -0.15) is 0 Å². The molecule has 1 N–H and O–H groups in total. The Morgan fingerprint density at radius 2 is 2.04 bits per heavy atom. The van der Waals surface area contributed by atoms with Crippen LogP contribution in [0.1, 0.15) is 49.1 Å². The van der Waals surface area contributed by atoms with Gasteiger partial charge in [-0.3, -0.25) is 0 Å². The molecule has 3 rings (SSSR count). The number of aryl methyl sites for hydroxylation is 1. The third-order valence-corrected chi connectivity index (χ3v) is 5.47. The third-order valence-electron chi connectivity index (χ3n) is 4.50. The highest BCUT2D eigenvalue weighted by Crippen LogP contribution is 2.33. The molecule has 1 aromatic heterocycles. The molecule has 0 spiro atoms. The van der Waals surface area contributed by atoms with Crippen molar-refractivity contribution in [3.63, 3.8) is 0 Å². The van der Waals surface area contributed by atoms with E-state index >= 15 is 0 Å². The number of hydrogen-bond acceptors (Lipinski definition) is 2. The summed E-state index contributed by atoms with van der Waals surface area (Å²) in [5.41, 5.74) is 2.16. The zero-order valence-electron chi connectivity index (χ0n) is 13.6. The van der Waals surface area contributed by atoms with Crippen LogP contribution >= 0.6 is 11.3 Å². The zero-order valence-corrected chi connectivity index (χ0v) is 14.4. The van der Waals surface area contributed by atoms with Gasteiger partial charge in [0.05, 0.1) is 6.04 Å². The Bertz CT molecular complexity index is 621. The van der Waals surface area contributed by atoms with Crippen LogP contribution in [0.4, 0.5) is 10.5 Å².